The van der Waals surface area contributed by atoms with E-state index in [0.29, 0.717) is 31.1 Å². The summed E-state index contributed by atoms with van der Waals surface area (Å²) in [7, 11) is 2.38. The molecule has 1 fully saturated rings. The second kappa shape index (κ2) is 24.1. The monoisotopic (exact) mass is 1100 g/mol. The maximum absolute atomic E-state index is 13.3. The van der Waals surface area contributed by atoms with Crippen molar-refractivity contribution in [2.75, 3.05) is 40.9 Å². The zero-order valence-corrected chi connectivity index (χ0v) is 48.7. The van der Waals surface area contributed by atoms with Gasteiger partial charge in [0.05, 0.1) is 31.8 Å². The number of nitrogens with zero attached hydrogens (tertiary/aromatic N) is 2. The first-order valence-electron chi connectivity index (χ1n) is 27.6. The smallest absolute Gasteiger partial charge is 0.469 e. The number of hydrogen-bond acceptors (Lipinski definition) is 12. The maximum atomic E-state index is 13.3. The van der Waals surface area contributed by atoms with Crippen LogP contribution in [0, 0.1) is 41.5 Å². The van der Waals surface area contributed by atoms with Gasteiger partial charge in [0.2, 0.25) is 13.6 Å². The molecule has 81 heavy (non-hydrogen) atoms. The van der Waals surface area contributed by atoms with E-state index in [-0.39, 0.29) is 68.0 Å². The first-order valence-corrected chi connectivity index (χ1v) is 27.6. The Balaban J connectivity index is 0.000000157. The van der Waals surface area contributed by atoms with E-state index in [2.05, 4.69) is 89.6 Å². The molecule has 11 rings (SSSR count). The Kier molecular flexibility index (Phi) is 17.2. The highest BCUT2D eigenvalue weighted by Crippen LogP contribution is 2.42. The molecule has 6 aromatic rings. The summed E-state index contributed by atoms with van der Waals surface area (Å²) < 4.78 is 43.6. The minimum Gasteiger partial charge on any atom is -0.469 e. The van der Waals surface area contributed by atoms with Crippen LogP contribution in [0.3, 0.4) is 0 Å². The minimum absolute atomic E-state index is 0.0480. The Morgan fingerprint density at radius 3 is 1.59 bits per heavy atom. The van der Waals surface area contributed by atoms with Crippen molar-refractivity contribution in [1.29, 1.82) is 0 Å². The largest absolute Gasteiger partial charge is 0.494 e. The van der Waals surface area contributed by atoms with Crippen molar-refractivity contribution in [2.45, 2.75) is 119 Å². The standard InChI is InChI=1S/C30H31NO5.C24H30BNO3.C12H12O4/c1-18-5-6-23(11-19(18)2)30(33)31-10-9-21-7-8-22(13-24(21)16-31)26(15-29(32)34-4)25-14-28-27(12-20(25)3)35-17-36-28;1-16-7-8-19(13-17(16)2)22(27)26-12-11-18-9-10-21(14-20(18)15-26)25-28-23(3,4)24(5,6)29-25;1-8-5-10-11(16-7-15-10)6-9(8)3-4-12(13)14-2/h5-8,11-14,26H,9-10,15-17H2,1-4H3;7-10,13-14H,11-12,15H2,1-6H3;3-6H,7H2,1-2H3/b;;4-3+. The number of esters is 2. The van der Waals surface area contributed by atoms with Crippen LogP contribution >= 0.6 is 0 Å². The van der Waals surface area contributed by atoms with Gasteiger partial charge in [-0.3, -0.25) is 14.4 Å². The quantitative estimate of drug-likeness (QED) is 0.0771. The molecule has 422 valence electrons. The number of rotatable bonds is 9. The Morgan fingerprint density at radius 2 is 1.06 bits per heavy atom. The summed E-state index contributed by atoms with van der Waals surface area (Å²) in [6.07, 6.45) is 4.96. The molecule has 14 nitrogen and oxygen atoms in total. The molecule has 0 aliphatic carbocycles. The predicted octanol–water partition coefficient (Wildman–Crippen LogP) is 10.9. The molecule has 1 saturated heterocycles. The van der Waals surface area contributed by atoms with E-state index in [1.54, 1.807) is 6.08 Å². The molecule has 5 aliphatic heterocycles. The lowest BCUT2D eigenvalue weighted by atomic mass is 9.77. The number of hydrogen-bond donors (Lipinski definition) is 0. The summed E-state index contributed by atoms with van der Waals surface area (Å²) >= 11 is 0. The zero-order chi connectivity index (χ0) is 57.9. The van der Waals surface area contributed by atoms with Crippen molar-refractivity contribution in [3.05, 3.63) is 187 Å². The first-order chi connectivity index (χ1) is 38.6. The van der Waals surface area contributed by atoms with Crippen LogP contribution in [0.15, 0.2) is 103 Å². The van der Waals surface area contributed by atoms with Crippen LogP contribution < -0.4 is 24.4 Å². The van der Waals surface area contributed by atoms with E-state index >= 15 is 0 Å². The fourth-order valence-electron chi connectivity index (χ4n) is 10.5. The van der Waals surface area contributed by atoms with Gasteiger partial charge in [-0.25, -0.2) is 4.79 Å². The summed E-state index contributed by atoms with van der Waals surface area (Å²) in [4.78, 5) is 53.6. The number of fused-ring (bicyclic) bond motifs is 4. The number of carbonyl (C=O) groups is 4. The van der Waals surface area contributed by atoms with Crippen molar-refractivity contribution in [3.63, 3.8) is 0 Å². The van der Waals surface area contributed by atoms with E-state index in [0.717, 1.165) is 92.0 Å². The van der Waals surface area contributed by atoms with E-state index < -0.39 is 0 Å². The molecule has 6 aromatic carbocycles. The molecular weight excluding hydrogens is 1020 g/mol. The van der Waals surface area contributed by atoms with Gasteiger partial charge in [-0.05, 0) is 214 Å². The molecule has 15 heteroatoms. The Bertz CT molecular complexity index is 3420. The van der Waals surface area contributed by atoms with Gasteiger partial charge in [0, 0.05) is 49.3 Å². The van der Waals surface area contributed by atoms with Crippen LogP contribution in [0.25, 0.3) is 6.08 Å². The van der Waals surface area contributed by atoms with Crippen LogP contribution in [0.2, 0.25) is 0 Å². The van der Waals surface area contributed by atoms with Gasteiger partial charge in [0.25, 0.3) is 11.8 Å². The molecule has 0 spiro atoms. The number of benzene rings is 6. The molecule has 5 aliphatic rings. The third-order valence-corrected chi connectivity index (χ3v) is 16.6. The predicted molar refractivity (Wildman–Crippen MR) is 311 cm³/mol. The number of amides is 2. The van der Waals surface area contributed by atoms with Crippen LogP contribution in [0.4, 0.5) is 0 Å². The molecule has 0 aromatic heterocycles. The molecule has 0 radical (unpaired) electrons. The SMILES string of the molecule is COC(=O)/C=C/c1cc2c(cc1C)OCO2.COC(=O)CC(c1ccc2c(c1)CN(C(=O)c1ccc(C)c(C)c1)CC2)c1cc2c(cc1C)OCO2.Cc1ccc(C(=O)N2CCc3ccc(B4OC(C)(C)C(C)(C)O4)cc3C2)cc1C. The Hall–Kier alpha value is -7.88. The zero-order valence-electron chi connectivity index (χ0n) is 48.7. The van der Waals surface area contributed by atoms with Crippen LogP contribution in [-0.2, 0) is 54.3 Å². The highest BCUT2D eigenvalue weighted by molar-refractivity contribution is 6.62. The molecule has 0 N–H and O–H groups in total. The van der Waals surface area contributed by atoms with Crippen molar-refractivity contribution in [3.8, 4) is 23.0 Å². The van der Waals surface area contributed by atoms with Gasteiger partial charge < -0.3 is 47.5 Å². The topological polar surface area (TPSA) is 149 Å². The maximum Gasteiger partial charge on any atom is 0.494 e. The van der Waals surface area contributed by atoms with Crippen molar-refractivity contribution in [1.82, 2.24) is 9.80 Å². The number of methoxy groups -OCH3 is 2. The summed E-state index contributed by atoms with van der Waals surface area (Å²) in [5.41, 5.74) is 16.2. The van der Waals surface area contributed by atoms with E-state index in [9.17, 15) is 19.2 Å². The minimum atomic E-state index is -0.379. The highest BCUT2D eigenvalue weighted by atomic mass is 16.7. The molecule has 2 amide bonds. The fraction of sp³-hybridized carbons (Fsp3) is 0.364. The second-order valence-electron chi connectivity index (χ2n) is 22.5. The molecule has 0 saturated carbocycles. The summed E-state index contributed by atoms with van der Waals surface area (Å²) in [6.45, 7) is 23.5. The average molecular weight is 1100 g/mol. The third kappa shape index (κ3) is 12.9. The van der Waals surface area contributed by atoms with E-state index in [4.69, 9.17) is 33.0 Å². The van der Waals surface area contributed by atoms with Crippen molar-refractivity contribution in [2.24, 2.45) is 0 Å². The lowest BCUT2D eigenvalue weighted by Crippen LogP contribution is -2.41. The summed E-state index contributed by atoms with van der Waals surface area (Å²) in [5, 5.41) is 0. The normalized spacial score (nSPS) is 16.3. The number of ether oxygens (including phenoxy) is 6. The Labute approximate surface area is 476 Å². The van der Waals surface area contributed by atoms with E-state index in [1.165, 1.54) is 48.1 Å². The first kappa shape index (κ1) is 57.8. The molecule has 1 unspecified atom stereocenters. The Morgan fingerprint density at radius 1 is 0.556 bits per heavy atom. The van der Waals surface area contributed by atoms with Gasteiger partial charge >= 0.3 is 19.1 Å². The second-order valence-corrected chi connectivity index (χ2v) is 22.5. The molecule has 1 atom stereocenters. The molecule has 0 bridgehead atoms. The fourth-order valence-corrected chi connectivity index (χ4v) is 10.5. The average Bonchev–Trinajstić information content (AvgIpc) is 4.35. The number of carbonyl (C=O) groups excluding carboxylic acids is 4. The van der Waals surface area contributed by atoms with Gasteiger partial charge in [0.1, 0.15) is 0 Å². The van der Waals surface area contributed by atoms with Gasteiger partial charge in [-0.2, -0.15) is 0 Å². The van der Waals surface area contributed by atoms with Gasteiger partial charge in [-0.15, -0.1) is 0 Å². The molecular formula is C66H73BN2O12. The summed E-state index contributed by atoms with van der Waals surface area (Å²) in [6, 6.07) is 32.3. The van der Waals surface area contributed by atoms with Gasteiger partial charge in [-0.1, -0.05) is 48.5 Å². The lowest BCUT2D eigenvalue weighted by molar-refractivity contribution is -0.141. The third-order valence-electron chi connectivity index (χ3n) is 16.6. The number of aryl methyl sites for hydroxylation is 6. The van der Waals surface area contributed by atoms with Crippen molar-refractivity contribution >= 4 is 42.4 Å². The molecule has 5 heterocycles. The van der Waals surface area contributed by atoms with E-state index in [1.807, 2.05) is 91.2 Å². The van der Waals surface area contributed by atoms with Crippen LogP contribution in [0.1, 0.15) is 133 Å². The van der Waals surface area contributed by atoms with Crippen LogP contribution in [0.5, 0.6) is 23.0 Å². The summed E-state index contributed by atoms with van der Waals surface area (Å²) in [5.74, 6) is 2.14. The van der Waals surface area contributed by atoms with Gasteiger partial charge in [0.15, 0.2) is 23.0 Å². The highest BCUT2D eigenvalue weighted by Gasteiger charge is 2.52. The van der Waals surface area contributed by atoms with Crippen LogP contribution in [-0.4, -0.2) is 92.8 Å². The van der Waals surface area contributed by atoms with Crippen molar-refractivity contribution < 1.29 is 56.9 Å². The lowest BCUT2D eigenvalue weighted by Gasteiger charge is -2.32.